The Morgan fingerprint density at radius 1 is 1.03 bits per heavy atom. The molecular formula is C25H32N4O. The maximum atomic E-state index is 8.81. The number of nitrogens with zero attached hydrogens (tertiary/aromatic N) is 2. The van der Waals surface area contributed by atoms with Gasteiger partial charge in [0, 0.05) is 60.2 Å². The van der Waals surface area contributed by atoms with Gasteiger partial charge < -0.3 is 15.4 Å². The third-order valence-corrected chi connectivity index (χ3v) is 6.53. The molecule has 3 N–H and O–H groups in total. The van der Waals surface area contributed by atoms with Crippen LogP contribution in [0.25, 0.3) is 5.57 Å². The van der Waals surface area contributed by atoms with Gasteiger partial charge in [0.15, 0.2) is 0 Å². The summed E-state index contributed by atoms with van der Waals surface area (Å²) in [6.45, 7) is 9.79. The Kier molecular flexibility index (Phi) is 5.65. The van der Waals surface area contributed by atoms with E-state index in [-0.39, 0.29) is 0 Å². The Morgan fingerprint density at radius 2 is 1.67 bits per heavy atom. The van der Waals surface area contributed by atoms with Gasteiger partial charge in [0.2, 0.25) is 0 Å². The fourth-order valence-electron chi connectivity index (χ4n) is 4.90. The standard InChI is InChI=1S/C25H32N4O/c1-17-14-21(15-18(2)28-17)24(27)23(19(3)26)20-4-6-22(7-5-20)29-11-8-25(16-29)9-12-30-13-10-25/h4-7,14-15,27H,8-13,16,26H2,1-3H3/b23-19-,27-24?. The van der Waals surface area contributed by atoms with E-state index in [1.807, 2.05) is 32.9 Å². The Hall–Kier alpha value is -2.66. The number of nitrogens with one attached hydrogen (secondary N) is 1. The zero-order chi connectivity index (χ0) is 21.3. The molecule has 0 bridgehead atoms. The van der Waals surface area contributed by atoms with Crippen molar-refractivity contribution in [2.24, 2.45) is 11.1 Å². The van der Waals surface area contributed by atoms with Gasteiger partial charge in [-0.25, -0.2) is 0 Å². The van der Waals surface area contributed by atoms with E-state index in [2.05, 4.69) is 34.1 Å². The molecule has 1 aromatic heterocycles. The van der Waals surface area contributed by atoms with Crippen LogP contribution in [0.1, 0.15) is 48.7 Å². The number of aromatic nitrogens is 1. The average Bonchev–Trinajstić information content (AvgIpc) is 3.11. The number of aryl methyl sites for hydroxylation is 2. The normalized spacial score (nSPS) is 19.1. The molecule has 3 heterocycles. The van der Waals surface area contributed by atoms with Crippen molar-refractivity contribution < 1.29 is 4.74 Å². The van der Waals surface area contributed by atoms with Gasteiger partial charge >= 0.3 is 0 Å². The van der Waals surface area contributed by atoms with Crippen LogP contribution in [0.3, 0.4) is 0 Å². The van der Waals surface area contributed by atoms with E-state index in [0.717, 1.165) is 54.4 Å². The van der Waals surface area contributed by atoms with Crippen molar-refractivity contribution >= 4 is 17.0 Å². The van der Waals surface area contributed by atoms with E-state index in [1.165, 1.54) is 24.9 Å². The minimum absolute atomic E-state index is 0.426. The molecule has 30 heavy (non-hydrogen) atoms. The van der Waals surface area contributed by atoms with Crippen molar-refractivity contribution in [2.75, 3.05) is 31.2 Å². The van der Waals surface area contributed by atoms with Crippen LogP contribution < -0.4 is 10.6 Å². The second-order valence-electron chi connectivity index (χ2n) is 8.90. The first kappa shape index (κ1) is 20.6. The monoisotopic (exact) mass is 404 g/mol. The summed E-state index contributed by atoms with van der Waals surface area (Å²) in [6, 6.07) is 12.4. The molecule has 2 aliphatic heterocycles. The first-order valence-corrected chi connectivity index (χ1v) is 10.8. The summed E-state index contributed by atoms with van der Waals surface area (Å²) in [5.74, 6) is 0. The molecule has 2 saturated heterocycles. The van der Waals surface area contributed by atoms with E-state index in [1.54, 1.807) is 0 Å². The highest BCUT2D eigenvalue weighted by Gasteiger charge is 2.39. The number of rotatable bonds is 4. The third kappa shape index (κ3) is 4.12. The lowest BCUT2D eigenvalue weighted by molar-refractivity contribution is 0.0254. The molecule has 2 aromatic rings. The molecule has 0 saturated carbocycles. The van der Waals surface area contributed by atoms with Crippen molar-refractivity contribution in [3.8, 4) is 0 Å². The number of anilines is 1. The van der Waals surface area contributed by atoms with Crippen LogP contribution in [0.2, 0.25) is 0 Å². The van der Waals surface area contributed by atoms with Gasteiger partial charge in [0.25, 0.3) is 0 Å². The molecule has 5 heteroatoms. The minimum atomic E-state index is 0.426. The number of allylic oxidation sites excluding steroid dienone is 2. The zero-order valence-corrected chi connectivity index (χ0v) is 18.3. The molecule has 1 aromatic carbocycles. The van der Waals surface area contributed by atoms with Crippen molar-refractivity contribution in [1.29, 1.82) is 5.41 Å². The second kappa shape index (κ2) is 8.23. The first-order valence-electron chi connectivity index (χ1n) is 10.8. The Labute approximate surface area is 179 Å². The van der Waals surface area contributed by atoms with E-state index >= 15 is 0 Å². The van der Waals surface area contributed by atoms with Gasteiger partial charge in [-0.15, -0.1) is 0 Å². The smallest absolute Gasteiger partial charge is 0.0709 e. The lowest BCUT2D eigenvalue weighted by Crippen LogP contribution is -2.33. The molecule has 0 radical (unpaired) electrons. The second-order valence-corrected chi connectivity index (χ2v) is 8.90. The Morgan fingerprint density at radius 3 is 2.27 bits per heavy atom. The van der Waals surface area contributed by atoms with Gasteiger partial charge in [0.05, 0.1) is 5.71 Å². The minimum Gasteiger partial charge on any atom is -0.402 e. The van der Waals surface area contributed by atoms with Gasteiger partial charge in [0.1, 0.15) is 0 Å². The molecule has 158 valence electrons. The summed E-state index contributed by atoms with van der Waals surface area (Å²) in [5, 5.41) is 8.81. The van der Waals surface area contributed by atoms with Crippen LogP contribution in [0.5, 0.6) is 0 Å². The molecule has 2 fully saturated rings. The van der Waals surface area contributed by atoms with E-state index in [9.17, 15) is 0 Å². The maximum Gasteiger partial charge on any atom is 0.0709 e. The molecule has 5 nitrogen and oxygen atoms in total. The largest absolute Gasteiger partial charge is 0.402 e. The highest BCUT2D eigenvalue weighted by molar-refractivity contribution is 6.30. The fraction of sp³-hybridized carbons (Fsp3) is 0.440. The SMILES string of the molecule is C/C(N)=C(/C(=N)c1cc(C)nc(C)c1)c1ccc(N2CCC3(CCOCC3)C2)cc1. The van der Waals surface area contributed by atoms with Gasteiger partial charge in [-0.2, -0.15) is 0 Å². The van der Waals surface area contributed by atoms with Crippen LogP contribution in [-0.2, 0) is 4.74 Å². The van der Waals surface area contributed by atoms with Crippen LogP contribution in [-0.4, -0.2) is 37.0 Å². The summed E-state index contributed by atoms with van der Waals surface area (Å²) in [7, 11) is 0. The zero-order valence-electron chi connectivity index (χ0n) is 18.3. The van der Waals surface area contributed by atoms with Crippen molar-refractivity contribution in [2.45, 2.75) is 40.0 Å². The summed E-state index contributed by atoms with van der Waals surface area (Å²) < 4.78 is 5.58. The Bertz CT molecular complexity index is 947. The molecular weight excluding hydrogens is 372 g/mol. The van der Waals surface area contributed by atoms with E-state index in [0.29, 0.717) is 16.8 Å². The van der Waals surface area contributed by atoms with Gasteiger partial charge in [-0.1, -0.05) is 12.1 Å². The number of hydrogen-bond acceptors (Lipinski definition) is 5. The summed E-state index contributed by atoms with van der Waals surface area (Å²) in [4.78, 5) is 6.92. The van der Waals surface area contributed by atoms with Crippen molar-refractivity contribution in [1.82, 2.24) is 4.98 Å². The third-order valence-electron chi connectivity index (χ3n) is 6.53. The summed E-state index contributed by atoms with van der Waals surface area (Å²) in [6.07, 6.45) is 3.59. The molecule has 0 atom stereocenters. The molecule has 0 aliphatic carbocycles. The molecule has 0 unspecified atom stereocenters. The lowest BCUT2D eigenvalue weighted by Gasteiger charge is -2.33. The van der Waals surface area contributed by atoms with Crippen LogP contribution in [0, 0.1) is 24.7 Å². The highest BCUT2D eigenvalue weighted by atomic mass is 16.5. The molecule has 0 amide bonds. The maximum absolute atomic E-state index is 8.81. The predicted molar refractivity (Wildman–Crippen MR) is 123 cm³/mol. The first-order chi connectivity index (χ1) is 14.4. The molecule has 1 spiro atoms. The number of benzene rings is 1. The van der Waals surface area contributed by atoms with Crippen LogP contribution >= 0.6 is 0 Å². The van der Waals surface area contributed by atoms with E-state index < -0.39 is 0 Å². The van der Waals surface area contributed by atoms with E-state index in [4.69, 9.17) is 15.9 Å². The number of hydrogen-bond donors (Lipinski definition) is 2. The van der Waals surface area contributed by atoms with Gasteiger partial charge in [-0.3, -0.25) is 10.4 Å². The molecule has 4 rings (SSSR count). The average molecular weight is 405 g/mol. The van der Waals surface area contributed by atoms with Crippen molar-refractivity contribution in [3.05, 3.63) is 64.6 Å². The van der Waals surface area contributed by atoms with Crippen molar-refractivity contribution in [3.63, 3.8) is 0 Å². The Balaban J connectivity index is 1.56. The van der Waals surface area contributed by atoms with Crippen LogP contribution in [0.15, 0.2) is 42.1 Å². The van der Waals surface area contributed by atoms with Gasteiger partial charge in [-0.05, 0) is 75.3 Å². The quantitative estimate of drug-likeness (QED) is 0.738. The fourth-order valence-corrected chi connectivity index (χ4v) is 4.90. The number of pyridine rings is 1. The number of nitrogens with two attached hydrogens (primary N) is 1. The number of ether oxygens (including phenoxy) is 1. The summed E-state index contributed by atoms with van der Waals surface area (Å²) in [5.41, 5.74) is 13.5. The lowest BCUT2D eigenvalue weighted by atomic mass is 9.80. The summed E-state index contributed by atoms with van der Waals surface area (Å²) >= 11 is 0. The van der Waals surface area contributed by atoms with Crippen LogP contribution in [0.4, 0.5) is 5.69 Å². The molecule has 2 aliphatic rings. The topological polar surface area (TPSA) is 75.2 Å². The predicted octanol–water partition coefficient (Wildman–Crippen LogP) is 4.46. The highest BCUT2D eigenvalue weighted by Crippen LogP contribution is 2.41.